The van der Waals surface area contributed by atoms with E-state index >= 15 is 0 Å². The summed E-state index contributed by atoms with van der Waals surface area (Å²) in [5.74, 6) is -15.9. The number of hydrogen-bond donors (Lipinski definition) is 2. The van der Waals surface area contributed by atoms with Crippen LogP contribution < -0.4 is 10.7 Å². The highest BCUT2D eigenvalue weighted by Gasteiger charge is 2.76. The zero-order chi connectivity index (χ0) is 23.8. The summed E-state index contributed by atoms with van der Waals surface area (Å²) < 4.78 is 95.2. The smallest absolute Gasteiger partial charge is 0.455 e. The summed E-state index contributed by atoms with van der Waals surface area (Å²) >= 11 is 0. The van der Waals surface area contributed by atoms with Crippen molar-refractivity contribution in [2.24, 2.45) is 5.10 Å². The van der Waals surface area contributed by atoms with Crippen LogP contribution in [0.2, 0.25) is 0 Å². The van der Waals surface area contributed by atoms with Crippen molar-refractivity contribution in [2.75, 3.05) is 0 Å². The number of nitrogens with zero attached hydrogens (tertiary/aromatic N) is 1. The van der Waals surface area contributed by atoms with Crippen molar-refractivity contribution in [1.29, 1.82) is 0 Å². The fourth-order valence-electron chi connectivity index (χ4n) is 2.90. The third kappa shape index (κ3) is 4.54. The van der Waals surface area contributed by atoms with Gasteiger partial charge in [0.25, 0.3) is 5.91 Å². The van der Waals surface area contributed by atoms with E-state index in [1.165, 1.54) is 6.92 Å². The summed E-state index contributed by atoms with van der Waals surface area (Å²) in [7, 11) is 0. The first-order chi connectivity index (χ1) is 14.1. The molecule has 1 unspecified atom stereocenters. The number of furan rings is 1. The van der Waals surface area contributed by atoms with Crippen LogP contribution in [0.15, 0.2) is 9.52 Å². The number of amides is 2. The Kier molecular flexibility index (Phi) is 6.76. The molecule has 2 rings (SSSR count). The average molecular weight is 459 g/mol. The molecular weight excluding hydrogens is 439 g/mol. The van der Waals surface area contributed by atoms with Gasteiger partial charge in [-0.3, -0.25) is 9.59 Å². The van der Waals surface area contributed by atoms with Crippen LogP contribution in [0.25, 0.3) is 0 Å². The van der Waals surface area contributed by atoms with E-state index in [9.17, 15) is 40.3 Å². The van der Waals surface area contributed by atoms with Crippen molar-refractivity contribution in [2.45, 2.75) is 70.5 Å². The number of nitrogens with one attached hydrogen (secondary N) is 2. The van der Waals surface area contributed by atoms with Gasteiger partial charge in [-0.05, 0) is 33.1 Å². The lowest BCUT2D eigenvalue weighted by molar-refractivity contribution is -0.344. The average Bonchev–Trinajstić information content (AvgIpc) is 3.02. The van der Waals surface area contributed by atoms with E-state index in [2.05, 4.69) is 10.4 Å². The van der Waals surface area contributed by atoms with E-state index < -0.39 is 29.8 Å². The highest BCUT2D eigenvalue weighted by Crippen LogP contribution is 2.46. The van der Waals surface area contributed by atoms with Crippen molar-refractivity contribution in [1.82, 2.24) is 10.7 Å². The summed E-state index contributed by atoms with van der Waals surface area (Å²) in [6, 6.07) is -0.168. The maximum Gasteiger partial charge on any atom is 0.460 e. The minimum atomic E-state index is -6.64. The molecule has 6 nitrogen and oxygen atoms in total. The molecule has 0 radical (unpaired) electrons. The monoisotopic (exact) mass is 459 g/mol. The first kappa shape index (κ1) is 24.7. The van der Waals surface area contributed by atoms with E-state index in [1.807, 2.05) is 6.92 Å². The van der Waals surface area contributed by atoms with Crippen molar-refractivity contribution in [3.63, 3.8) is 0 Å². The van der Waals surface area contributed by atoms with Crippen molar-refractivity contribution in [3.05, 3.63) is 22.6 Å². The maximum absolute atomic E-state index is 13.5. The molecule has 0 saturated carbocycles. The molecule has 174 valence electrons. The van der Waals surface area contributed by atoms with Crippen LogP contribution in [0.4, 0.5) is 30.7 Å². The molecule has 0 aliphatic heterocycles. The molecule has 2 amide bonds. The van der Waals surface area contributed by atoms with Crippen molar-refractivity contribution < 1.29 is 44.7 Å². The van der Waals surface area contributed by atoms with Crippen LogP contribution in [0, 0.1) is 6.92 Å². The molecule has 0 fully saturated rings. The Labute approximate surface area is 172 Å². The third-order valence-electron chi connectivity index (χ3n) is 4.85. The second kappa shape index (κ2) is 8.50. The summed E-state index contributed by atoms with van der Waals surface area (Å²) in [5, 5.41) is 6.02. The van der Waals surface area contributed by atoms with E-state index in [1.54, 1.807) is 6.92 Å². The number of hydrazone groups is 1. The zero-order valence-electron chi connectivity index (χ0n) is 16.7. The summed E-state index contributed by atoms with van der Waals surface area (Å²) in [4.78, 5) is 23.8. The summed E-state index contributed by atoms with van der Waals surface area (Å²) in [5.41, 5.74) is 1.51. The van der Waals surface area contributed by atoms with E-state index in [0.717, 1.165) is 5.43 Å². The fraction of sp³-hybridized carbons (Fsp3) is 0.611. The Bertz CT molecular complexity index is 891. The fourth-order valence-corrected chi connectivity index (χ4v) is 2.90. The number of hydrogen-bond acceptors (Lipinski definition) is 4. The molecule has 0 spiro atoms. The topological polar surface area (TPSA) is 83.7 Å². The Morgan fingerprint density at radius 2 is 1.74 bits per heavy atom. The van der Waals surface area contributed by atoms with Gasteiger partial charge in [0.15, 0.2) is 5.76 Å². The molecule has 1 aliphatic carbocycles. The standard InChI is InChI=1S/C18H20F7N3O3/c1-4-8(2)26-14(29)13-9(3)12-10(6-5-7-11(12)31-13)27-28-15(30)16(19,20)17(21,22)18(23,24)25/h8H,4-7H2,1-3H3,(H,26,29)(H,28,30)/b27-10+. The van der Waals surface area contributed by atoms with Crippen LogP contribution in [0.3, 0.4) is 0 Å². The second-order valence-corrected chi connectivity index (χ2v) is 7.14. The second-order valence-electron chi connectivity index (χ2n) is 7.14. The predicted molar refractivity (Wildman–Crippen MR) is 94.2 cm³/mol. The molecule has 1 atom stereocenters. The van der Waals surface area contributed by atoms with Gasteiger partial charge in [0.1, 0.15) is 5.76 Å². The van der Waals surface area contributed by atoms with Gasteiger partial charge in [0.2, 0.25) is 0 Å². The summed E-state index contributed by atoms with van der Waals surface area (Å²) in [6.45, 7) is 5.08. The number of carbonyl (C=O) groups excluding carboxylic acids is 2. The molecule has 0 bridgehead atoms. The largest absolute Gasteiger partial charge is 0.460 e. The number of fused-ring (bicyclic) bond motifs is 1. The van der Waals surface area contributed by atoms with Gasteiger partial charge in [-0.2, -0.15) is 35.8 Å². The van der Waals surface area contributed by atoms with Gasteiger partial charge < -0.3 is 9.73 Å². The lowest BCUT2D eigenvalue weighted by Gasteiger charge is -2.26. The van der Waals surface area contributed by atoms with E-state index in [0.29, 0.717) is 19.3 Å². The Hall–Kier alpha value is -2.60. The molecule has 1 heterocycles. The Morgan fingerprint density at radius 1 is 1.13 bits per heavy atom. The SMILES string of the molecule is CCC(C)NC(=O)c1oc2c(c1C)/C(=N/NC(=O)C(F)(F)C(F)(F)C(F)(F)F)CCC2. The number of halogens is 7. The first-order valence-corrected chi connectivity index (χ1v) is 9.28. The quantitative estimate of drug-likeness (QED) is 0.496. The predicted octanol–water partition coefficient (Wildman–Crippen LogP) is 4.11. The normalized spacial score (nSPS) is 17.3. The molecular formula is C18H20F7N3O3. The summed E-state index contributed by atoms with van der Waals surface area (Å²) in [6.07, 6.45) is -5.21. The molecule has 31 heavy (non-hydrogen) atoms. The number of rotatable bonds is 6. The van der Waals surface area contributed by atoms with Gasteiger partial charge in [0, 0.05) is 23.6 Å². The Balaban J connectivity index is 2.31. The van der Waals surface area contributed by atoms with Crippen LogP contribution in [0.1, 0.15) is 60.6 Å². The maximum atomic E-state index is 13.5. The molecule has 0 saturated heterocycles. The van der Waals surface area contributed by atoms with E-state index in [4.69, 9.17) is 4.42 Å². The molecule has 1 aliphatic rings. The lowest BCUT2D eigenvalue weighted by atomic mass is 9.93. The molecule has 1 aromatic rings. The first-order valence-electron chi connectivity index (χ1n) is 9.28. The van der Waals surface area contributed by atoms with Gasteiger partial charge in [0.05, 0.1) is 5.71 Å². The molecule has 2 N–H and O–H groups in total. The minimum Gasteiger partial charge on any atom is -0.455 e. The minimum absolute atomic E-state index is 0.0693. The Morgan fingerprint density at radius 3 is 2.29 bits per heavy atom. The number of aryl methyl sites for hydroxylation is 1. The molecule has 1 aromatic heterocycles. The van der Waals surface area contributed by atoms with Crippen LogP contribution in [0.5, 0.6) is 0 Å². The van der Waals surface area contributed by atoms with Gasteiger partial charge in [-0.15, -0.1) is 0 Å². The van der Waals surface area contributed by atoms with Gasteiger partial charge in [-0.1, -0.05) is 6.92 Å². The zero-order valence-corrected chi connectivity index (χ0v) is 16.7. The lowest BCUT2D eigenvalue weighted by Crippen LogP contribution is -2.58. The van der Waals surface area contributed by atoms with Gasteiger partial charge >= 0.3 is 23.9 Å². The number of carbonyl (C=O) groups is 2. The van der Waals surface area contributed by atoms with E-state index in [-0.39, 0.29) is 40.8 Å². The van der Waals surface area contributed by atoms with Crippen LogP contribution in [-0.4, -0.2) is 41.6 Å². The molecule has 0 aromatic carbocycles. The number of alkyl halides is 7. The highest BCUT2D eigenvalue weighted by atomic mass is 19.4. The third-order valence-corrected chi connectivity index (χ3v) is 4.85. The van der Waals surface area contributed by atoms with Crippen molar-refractivity contribution >= 4 is 17.5 Å². The highest BCUT2D eigenvalue weighted by molar-refractivity contribution is 6.06. The van der Waals surface area contributed by atoms with Gasteiger partial charge in [-0.25, -0.2) is 5.43 Å². The molecule has 13 heteroatoms. The van der Waals surface area contributed by atoms with Crippen LogP contribution in [-0.2, 0) is 11.2 Å². The van der Waals surface area contributed by atoms with Crippen molar-refractivity contribution in [3.8, 4) is 0 Å². The van der Waals surface area contributed by atoms with Crippen LogP contribution >= 0.6 is 0 Å².